The van der Waals surface area contributed by atoms with Crippen molar-refractivity contribution in [1.29, 1.82) is 0 Å². The van der Waals surface area contributed by atoms with E-state index in [1.165, 1.54) is 5.56 Å². The Balaban J connectivity index is 1.70. The lowest BCUT2D eigenvalue weighted by atomic mass is 10.1. The van der Waals surface area contributed by atoms with Gasteiger partial charge in [-0.3, -0.25) is 5.10 Å². The largest absolute Gasteiger partial charge is 0.497 e. The molecule has 0 spiro atoms. The summed E-state index contributed by atoms with van der Waals surface area (Å²) in [6.07, 6.45) is 2.79. The molecular formula is C17H19N3O. The van der Waals surface area contributed by atoms with Crippen LogP contribution >= 0.6 is 0 Å². The van der Waals surface area contributed by atoms with E-state index >= 15 is 0 Å². The monoisotopic (exact) mass is 281 g/mol. The summed E-state index contributed by atoms with van der Waals surface area (Å²) < 4.78 is 5.18. The quantitative estimate of drug-likeness (QED) is 0.751. The normalized spacial score (nSPS) is 12.3. The lowest BCUT2D eigenvalue weighted by molar-refractivity contribution is 0.414. The first-order valence-electron chi connectivity index (χ1n) is 7.08. The fraction of sp³-hybridized carbons (Fsp3) is 0.235. The van der Waals surface area contributed by atoms with Crippen LogP contribution < -0.4 is 10.1 Å². The van der Waals surface area contributed by atoms with Crippen LogP contribution in [-0.2, 0) is 6.42 Å². The summed E-state index contributed by atoms with van der Waals surface area (Å²) in [6.45, 7) is 2.18. The molecule has 1 aromatic heterocycles. The van der Waals surface area contributed by atoms with Crippen molar-refractivity contribution < 1.29 is 4.74 Å². The molecule has 0 aliphatic carbocycles. The van der Waals surface area contributed by atoms with Gasteiger partial charge in [-0.05, 0) is 37.1 Å². The number of anilines is 1. The van der Waals surface area contributed by atoms with Crippen molar-refractivity contribution in [2.75, 3.05) is 12.4 Å². The van der Waals surface area contributed by atoms with E-state index in [0.717, 1.165) is 28.8 Å². The maximum absolute atomic E-state index is 5.18. The molecule has 2 N–H and O–H groups in total. The minimum atomic E-state index is 0.326. The highest BCUT2D eigenvalue weighted by Crippen LogP contribution is 2.22. The highest BCUT2D eigenvalue weighted by Gasteiger charge is 2.07. The van der Waals surface area contributed by atoms with Gasteiger partial charge in [-0.15, -0.1) is 0 Å². The van der Waals surface area contributed by atoms with E-state index in [4.69, 9.17) is 4.74 Å². The number of nitrogens with zero attached hydrogens (tertiary/aromatic N) is 1. The van der Waals surface area contributed by atoms with Crippen LogP contribution in [0.4, 0.5) is 5.69 Å². The second-order valence-corrected chi connectivity index (χ2v) is 5.24. The molecular weight excluding hydrogens is 262 g/mol. The minimum Gasteiger partial charge on any atom is -0.497 e. The van der Waals surface area contributed by atoms with Crippen molar-refractivity contribution in [3.63, 3.8) is 0 Å². The van der Waals surface area contributed by atoms with Crippen LogP contribution in [0.15, 0.2) is 48.7 Å². The SMILES string of the molecule is COc1ccc(CC(C)Nc2cccc3cn[nH]c23)cc1. The maximum atomic E-state index is 5.18. The Labute approximate surface area is 124 Å². The van der Waals surface area contributed by atoms with E-state index in [9.17, 15) is 0 Å². The number of ether oxygens (including phenoxy) is 1. The lowest BCUT2D eigenvalue weighted by Crippen LogP contribution is -2.18. The Morgan fingerprint density at radius 3 is 2.76 bits per heavy atom. The van der Waals surface area contributed by atoms with E-state index in [1.54, 1.807) is 7.11 Å². The second kappa shape index (κ2) is 5.87. The Morgan fingerprint density at radius 2 is 2.00 bits per heavy atom. The highest BCUT2D eigenvalue weighted by atomic mass is 16.5. The van der Waals surface area contributed by atoms with Gasteiger partial charge in [0, 0.05) is 11.4 Å². The first-order chi connectivity index (χ1) is 10.3. The summed E-state index contributed by atoms with van der Waals surface area (Å²) in [6, 6.07) is 14.7. The minimum absolute atomic E-state index is 0.326. The Bertz CT molecular complexity index is 718. The molecule has 0 radical (unpaired) electrons. The van der Waals surface area contributed by atoms with Gasteiger partial charge in [-0.25, -0.2) is 0 Å². The Hall–Kier alpha value is -2.49. The van der Waals surface area contributed by atoms with Crippen LogP contribution in [0.3, 0.4) is 0 Å². The van der Waals surface area contributed by atoms with Gasteiger partial charge < -0.3 is 10.1 Å². The molecule has 0 bridgehead atoms. The van der Waals surface area contributed by atoms with Gasteiger partial charge in [0.1, 0.15) is 5.75 Å². The molecule has 108 valence electrons. The molecule has 4 nitrogen and oxygen atoms in total. The van der Waals surface area contributed by atoms with Gasteiger partial charge in [0.15, 0.2) is 0 Å². The van der Waals surface area contributed by atoms with Crippen molar-refractivity contribution in [3.05, 3.63) is 54.2 Å². The molecule has 3 rings (SSSR count). The number of aromatic nitrogens is 2. The zero-order valence-electron chi connectivity index (χ0n) is 12.3. The van der Waals surface area contributed by atoms with Crippen LogP contribution in [0.1, 0.15) is 12.5 Å². The third-order valence-electron chi connectivity index (χ3n) is 3.58. The van der Waals surface area contributed by atoms with Crippen molar-refractivity contribution in [3.8, 4) is 5.75 Å². The summed E-state index contributed by atoms with van der Waals surface area (Å²) >= 11 is 0. The first kappa shape index (κ1) is 13.5. The molecule has 0 fully saturated rings. The molecule has 0 saturated carbocycles. The van der Waals surface area contributed by atoms with Gasteiger partial charge in [-0.1, -0.05) is 24.3 Å². The highest BCUT2D eigenvalue weighted by molar-refractivity contribution is 5.89. The molecule has 0 saturated heterocycles. The number of aromatic amines is 1. The molecule has 0 aliphatic heterocycles. The molecule has 4 heteroatoms. The number of fused-ring (bicyclic) bond motifs is 1. The number of benzene rings is 2. The Kier molecular flexibility index (Phi) is 3.77. The van der Waals surface area contributed by atoms with E-state index in [1.807, 2.05) is 24.4 Å². The third kappa shape index (κ3) is 2.99. The summed E-state index contributed by atoms with van der Waals surface area (Å²) in [5.74, 6) is 0.890. The Morgan fingerprint density at radius 1 is 1.19 bits per heavy atom. The van der Waals surface area contributed by atoms with E-state index in [2.05, 4.69) is 46.7 Å². The number of H-pyrrole nitrogens is 1. The summed E-state index contributed by atoms with van der Waals surface area (Å²) in [5, 5.41) is 11.8. The molecule has 1 unspecified atom stereocenters. The molecule has 2 aromatic carbocycles. The van der Waals surface area contributed by atoms with Crippen molar-refractivity contribution in [2.45, 2.75) is 19.4 Å². The average Bonchev–Trinajstić information content (AvgIpc) is 2.97. The second-order valence-electron chi connectivity index (χ2n) is 5.24. The van der Waals surface area contributed by atoms with Gasteiger partial charge in [0.05, 0.1) is 24.5 Å². The predicted molar refractivity (Wildman–Crippen MR) is 85.9 cm³/mol. The zero-order valence-corrected chi connectivity index (χ0v) is 12.3. The van der Waals surface area contributed by atoms with Gasteiger partial charge in [0.25, 0.3) is 0 Å². The van der Waals surface area contributed by atoms with E-state index < -0.39 is 0 Å². The van der Waals surface area contributed by atoms with E-state index in [-0.39, 0.29) is 0 Å². The van der Waals surface area contributed by atoms with Crippen molar-refractivity contribution in [1.82, 2.24) is 10.2 Å². The van der Waals surface area contributed by atoms with Crippen LogP contribution in [0, 0.1) is 0 Å². The zero-order chi connectivity index (χ0) is 14.7. The number of hydrogen-bond acceptors (Lipinski definition) is 3. The molecule has 21 heavy (non-hydrogen) atoms. The van der Waals surface area contributed by atoms with Crippen LogP contribution in [0.25, 0.3) is 10.9 Å². The van der Waals surface area contributed by atoms with Crippen LogP contribution in [0.2, 0.25) is 0 Å². The molecule has 3 aromatic rings. The number of para-hydroxylation sites is 1. The predicted octanol–water partition coefficient (Wildman–Crippen LogP) is 3.61. The number of rotatable bonds is 5. The molecule has 0 amide bonds. The van der Waals surface area contributed by atoms with Gasteiger partial charge in [-0.2, -0.15) is 5.10 Å². The topological polar surface area (TPSA) is 49.9 Å². The van der Waals surface area contributed by atoms with Gasteiger partial charge in [0.2, 0.25) is 0 Å². The third-order valence-corrected chi connectivity index (χ3v) is 3.58. The number of hydrogen-bond donors (Lipinski definition) is 2. The fourth-order valence-corrected chi connectivity index (χ4v) is 2.52. The summed E-state index contributed by atoms with van der Waals surface area (Å²) in [7, 11) is 1.68. The van der Waals surface area contributed by atoms with Gasteiger partial charge >= 0.3 is 0 Å². The number of methoxy groups -OCH3 is 1. The van der Waals surface area contributed by atoms with Crippen LogP contribution in [0.5, 0.6) is 5.75 Å². The van der Waals surface area contributed by atoms with E-state index in [0.29, 0.717) is 6.04 Å². The smallest absolute Gasteiger partial charge is 0.118 e. The molecule has 1 atom stereocenters. The summed E-state index contributed by atoms with van der Waals surface area (Å²) in [4.78, 5) is 0. The lowest BCUT2D eigenvalue weighted by Gasteiger charge is -2.16. The van der Waals surface area contributed by atoms with Crippen molar-refractivity contribution in [2.24, 2.45) is 0 Å². The summed E-state index contributed by atoms with van der Waals surface area (Å²) in [5.41, 5.74) is 3.43. The first-order valence-corrected chi connectivity index (χ1v) is 7.08. The number of nitrogens with one attached hydrogen (secondary N) is 2. The van der Waals surface area contributed by atoms with Crippen LogP contribution in [-0.4, -0.2) is 23.3 Å². The molecule has 0 aliphatic rings. The average molecular weight is 281 g/mol. The maximum Gasteiger partial charge on any atom is 0.118 e. The standard InChI is InChI=1S/C17H19N3O/c1-12(10-13-6-8-15(21-2)9-7-13)19-16-5-3-4-14-11-18-20-17(14)16/h3-9,11-12,19H,10H2,1-2H3,(H,18,20). The fourth-order valence-electron chi connectivity index (χ4n) is 2.52. The molecule has 1 heterocycles. The van der Waals surface area contributed by atoms with Crippen molar-refractivity contribution >= 4 is 16.6 Å².